The van der Waals surface area contributed by atoms with Crippen molar-refractivity contribution in [1.82, 2.24) is 14.3 Å². The second kappa shape index (κ2) is 14.0. The first-order valence-electron chi connectivity index (χ1n) is 15.6. The van der Waals surface area contributed by atoms with Crippen LogP contribution in [0.4, 0.5) is 33.6 Å². The van der Waals surface area contributed by atoms with Crippen LogP contribution in [0.2, 0.25) is 5.02 Å². The molecule has 6 rings (SSSR count). The number of carbonyl (C=O) groups excluding carboxylic acids is 1. The summed E-state index contributed by atoms with van der Waals surface area (Å²) >= 11 is 5.83. The van der Waals surface area contributed by atoms with Crippen LogP contribution in [0.25, 0.3) is 11.3 Å². The lowest BCUT2D eigenvalue weighted by Crippen LogP contribution is -2.47. The average Bonchev–Trinajstić information content (AvgIpc) is 3.60. The molecule has 0 aliphatic carbocycles. The van der Waals surface area contributed by atoms with E-state index in [1.54, 1.807) is 24.3 Å². The Balaban J connectivity index is 1.23. The maximum absolute atomic E-state index is 14.7. The zero-order valence-corrected chi connectivity index (χ0v) is 27.6. The lowest BCUT2D eigenvalue weighted by atomic mass is 10.0. The predicted octanol–water partition coefficient (Wildman–Crippen LogP) is 6.78. The van der Waals surface area contributed by atoms with Gasteiger partial charge in [-0.15, -0.1) is 0 Å². The van der Waals surface area contributed by atoms with Gasteiger partial charge in [-0.1, -0.05) is 41.9 Å². The van der Waals surface area contributed by atoms with Crippen LogP contribution in [-0.2, 0) is 27.4 Å². The number of alkyl halides is 3. The summed E-state index contributed by atoms with van der Waals surface area (Å²) in [6, 6.07) is 15.3. The van der Waals surface area contributed by atoms with E-state index in [2.05, 4.69) is 9.97 Å². The number of benzene rings is 3. The van der Waals surface area contributed by atoms with Crippen LogP contribution < -0.4 is 9.80 Å². The van der Waals surface area contributed by atoms with E-state index in [4.69, 9.17) is 11.6 Å². The first kappa shape index (κ1) is 34.7. The van der Waals surface area contributed by atoms with Crippen molar-refractivity contribution in [2.75, 3.05) is 42.5 Å². The van der Waals surface area contributed by atoms with Crippen LogP contribution in [0.5, 0.6) is 0 Å². The Morgan fingerprint density at radius 3 is 2.27 bits per heavy atom. The van der Waals surface area contributed by atoms with Crippen molar-refractivity contribution in [2.24, 2.45) is 0 Å². The summed E-state index contributed by atoms with van der Waals surface area (Å²) < 4.78 is 96.7. The number of aromatic nitrogens is 2. The molecule has 0 amide bonds. The third-order valence-electron chi connectivity index (χ3n) is 8.74. The van der Waals surface area contributed by atoms with Gasteiger partial charge in [0.1, 0.15) is 10.7 Å². The SMILES string of the molecule is O=C(CCc1cc(-c2ccc(C(F)(F)F)cc2)nc(N2CCN(c3ccccc3F)CC2)n1)[C@@H]1CCCN1S(=O)(=O)c1cccc(Cl)c1F. The molecule has 3 heterocycles. The number of halogens is 6. The number of carbonyl (C=O) groups is 1. The highest BCUT2D eigenvalue weighted by Gasteiger charge is 2.40. The van der Waals surface area contributed by atoms with E-state index in [1.807, 2.05) is 9.80 Å². The number of piperazine rings is 1. The highest BCUT2D eigenvalue weighted by Crippen LogP contribution is 2.33. The molecule has 15 heteroatoms. The molecule has 0 saturated carbocycles. The molecule has 4 aromatic rings. The Labute approximate surface area is 285 Å². The molecule has 1 aromatic heterocycles. The highest BCUT2D eigenvalue weighted by atomic mass is 35.5. The van der Waals surface area contributed by atoms with Gasteiger partial charge < -0.3 is 9.80 Å². The smallest absolute Gasteiger partial charge is 0.366 e. The Morgan fingerprint density at radius 2 is 1.57 bits per heavy atom. The number of nitrogens with zero attached hydrogens (tertiary/aromatic N) is 5. The van der Waals surface area contributed by atoms with Crippen LogP contribution in [-0.4, -0.2) is 67.2 Å². The molecule has 0 N–H and O–H groups in total. The third kappa shape index (κ3) is 7.41. The van der Waals surface area contributed by atoms with Gasteiger partial charge in [0.15, 0.2) is 11.6 Å². The van der Waals surface area contributed by atoms with E-state index in [9.17, 15) is 35.2 Å². The maximum Gasteiger partial charge on any atom is 0.416 e. The third-order valence-corrected chi connectivity index (χ3v) is 11.0. The summed E-state index contributed by atoms with van der Waals surface area (Å²) in [6.45, 7) is 1.82. The second-order valence-electron chi connectivity index (χ2n) is 11.8. The number of ketones is 1. The number of hydrogen-bond donors (Lipinski definition) is 0. The molecule has 1 atom stereocenters. The van der Waals surface area contributed by atoms with E-state index in [-0.39, 0.29) is 42.4 Å². The molecule has 3 aromatic carbocycles. The van der Waals surface area contributed by atoms with Crippen LogP contribution in [0, 0.1) is 11.6 Å². The van der Waals surface area contributed by atoms with Crippen molar-refractivity contribution in [2.45, 2.75) is 42.8 Å². The van der Waals surface area contributed by atoms with E-state index in [1.165, 1.54) is 30.3 Å². The van der Waals surface area contributed by atoms with Crippen molar-refractivity contribution in [3.05, 3.63) is 101 Å². The maximum atomic E-state index is 14.7. The second-order valence-corrected chi connectivity index (χ2v) is 14.1. The van der Waals surface area contributed by atoms with Gasteiger partial charge in [-0.2, -0.15) is 17.5 Å². The van der Waals surface area contributed by atoms with Gasteiger partial charge in [-0.05, 0) is 61.7 Å². The molecule has 2 saturated heterocycles. The predicted molar refractivity (Wildman–Crippen MR) is 175 cm³/mol. The number of aryl methyl sites for hydroxylation is 1. The van der Waals surface area contributed by atoms with Crippen molar-refractivity contribution < 1.29 is 35.2 Å². The molecular weight excluding hydrogens is 689 g/mol. The molecule has 49 heavy (non-hydrogen) atoms. The van der Waals surface area contributed by atoms with Gasteiger partial charge in [-0.3, -0.25) is 4.79 Å². The summed E-state index contributed by atoms with van der Waals surface area (Å²) in [5.41, 5.74) is 0.847. The van der Waals surface area contributed by atoms with E-state index in [0.717, 1.165) is 22.5 Å². The topological polar surface area (TPSA) is 86.7 Å². The molecule has 0 spiro atoms. The monoisotopic (exact) mass is 719 g/mol. The number of Topliss-reactive ketones (excluding diaryl/α,β-unsaturated/α-hetero) is 1. The van der Waals surface area contributed by atoms with Gasteiger partial charge >= 0.3 is 6.18 Å². The number of rotatable bonds is 9. The lowest BCUT2D eigenvalue weighted by molar-refractivity contribution is -0.137. The summed E-state index contributed by atoms with van der Waals surface area (Å²) in [4.78, 5) is 26.0. The Morgan fingerprint density at radius 1 is 0.878 bits per heavy atom. The molecule has 0 radical (unpaired) electrons. The fourth-order valence-electron chi connectivity index (χ4n) is 6.16. The zero-order chi connectivity index (χ0) is 34.9. The van der Waals surface area contributed by atoms with Gasteiger partial charge in [-0.25, -0.2) is 27.2 Å². The molecule has 2 aliphatic heterocycles. The van der Waals surface area contributed by atoms with Crippen LogP contribution in [0.3, 0.4) is 0 Å². The van der Waals surface area contributed by atoms with Gasteiger partial charge in [0.25, 0.3) is 0 Å². The molecule has 258 valence electrons. The zero-order valence-electron chi connectivity index (χ0n) is 26.0. The number of hydrogen-bond acceptors (Lipinski definition) is 7. The quantitative estimate of drug-likeness (QED) is 0.177. The highest BCUT2D eigenvalue weighted by molar-refractivity contribution is 7.89. The molecule has 2 fully saturated rings. The molecule has 8 nitrogen and oxygen atoms in total. The summed E-state index contributed by atoms with van der Waals surface area (Å²) in [6.07, 6.45) is -3.85. The van der Waals surface area contributed by atoms with Crippen molar-refractivity contribution in [3.63, 3.8) is 0 Å². The number of sulfonamides is 1. The number of para-hydroxylation sites is 1. The Kier molecular flexibility index (Phi) is 9.92. The normalized spacial score (nSPS) is 17.5. The van der Waals surface area contributed by atoms with Crippen LogP contribution in [0.1, 0.15) is 30.5 Å². The van der Waals surface area contributed by atoms with Crippen molar-refractivity contribution in [1.29, 1.82) is 0 Å². The molecule has 0 unspecified atom stereocenters. The van der Waals surface area contributed by atoms with Crippen LogP contribution >= 0.6 is 11.6 Å². The van der Waals surface area contributed by atoms with Gasteiger partial charge in [0.05, 0.1) is 28.0 Å². The van der Waals surface area contributed by atoms with Crippen molar-refractivity contribution >= 4 is 39.0 Å². The fraction of sp³-hybridized carbons (Fsp3) is 0.324. The van der Waals surface area contributed by atoms with E-state index < -0.39 is 38.5 Å². The molecular formula is C34H31ClF5N5O3S. The van der Waals surface area contributed by atoms with Crippen molar-refractivity contribution in [3.8, 4) is 11.3 Å². The number of anilines is 2. The fourth-order valence-corrected chi connectivity index (χ4v) is 8.16. The van der Waals surface area contributed by atoms with Gasteiger partial charge in [0, 0.05) is 50.4 Å². The minimum Gasteiger partial charge on any atom is -0.366 e. The average molecular weight is 720 g/mol. The van der Waals surface area contributed by atoms with Crippen LogP contribution in [0.15, 0.2) is 77.7 Å². The Bertz CT molecular complexity index is 1950. The molecule has 2 aliphatic rings. The largest absolute Gasteiger partial charge is 0.416 e. The molecule has 0 bridgehead atoms. The lowest BCUT2D eigenvalue weighted by Gasteiger charge is -2.36. The van der Waals surface area contributed by atoms with Gasteiger partial charge in [0.2, 0.25) is 16.0 Å². The van der Waals surface area contributed by atoms with E-state index in [0.29, 0.717) is 61.2 Å². The summed E-state index contributed by atoms with van der Waals surface area (Å²) in [7, 11) is -4.36. The standard InChI is InChI=1S/C34H31ClF5N5O3S/c35-25-5-3-9-31(32(25)37)49(47,48)45-16-4-8-29(45)30(46)15-14-24-21-27(22-10-12-23(13-11-22)34(38,39)40)42-33(41-24)44-19-17-43(18-20-44)28-7-2-1-6-26(28)36/h1-3,5-7,9-13,21,29H,4,8,14-20H2/t29-/m0/s1. The summed E-state index contributed by atoms with van der Waals surface area (Å²) in [5, 5.41) is -0.347. The van der Waals surface area contributed by atoms with E-state index >= 15 is 0 Å². The first-order chi connectivity index (χ1) is 23.3. The first-order valence-corrected chi connectivity index (χ1v) is 17.4. The summed E-state index contributed by atoms with van der Waals surface area (Å²) in [5.74, 6) is -1.50. The Hall–Kier alpha value is -4.14. The minimum absolute atomic E-state index is 0.0409. The minimum atomic E-state index is -4.51.